The smallest absolute Gasteiger partial charge is 0.263 e. The number of aliphatic hydroxyl groups excluding tert-OH is 1. The molecule has 1 aromatic heterocycles. The molecule has 0 aliphatic carbocycles. The summed E-state index contributed by atoms with van der Waals surface area (Å²) in [5.41, 5.74) is 1.65. The normalized spacial score (nSPS) is 13.4. The van der Waals surface area contributed by atoms with Crippen molar-refractivity contribution in [2.24, 2.45) is 5.92 Å². The van der Waals surface area contributed by atoms with Crippen LogP contribution in [-0.4, -0.2) is 35.8 Å². The maximum atomic E-state index is 12.5. The van der Waals surface area contributed by atoms with Crippen molar-refractivity contribution in [2.75, 3.05) is 13.7 Å². The average molecular weight is 348 g/mol. The molecule has 24 heavy (non-hydrogen) atoms. The van der Waals surface area contributed by atoms with Gasteiger partial charge in [0, 0.05) is 5.56 Å². The minimum atomic E-state index is -0.242. The summed E-state index contributed by atoms with van der Waals surface area (Å²) in [6.07, 6.45) is 0.893. The number of ether oxygens (including phenoxy) is 1. The summed E-state index contributed by atoms with van der Waals surface area (Å²) in [5.74, 6) is 0.821. The highest BCUT2D eigenvalue weighted by Gasteiger charge is 2.22. The lowest BCUT2D eigenvalue weighted by Gasteiger charge is -2.21. The lowest BCUT2D eigenvalue weighted by molar-refractivity contribution is 0.0894. The SMILES string of the molecule is CC[C@H](C)[C@H](CO)NC(=O)c1sc(-c2ccc(OC)cc2)nc1C. The van der Waals surface area contributed by atoms with Gasteiger partial charge in [0.1, 0.15) is 15.6 Å². The lowest BCUT2D eigenvalue weighted by Crippen LogP contribution is -2.41. The number of thiazole rings is 1. The highest BCUT2D eigenvalue weighted by molar-refractivity contribution is 7.17. The molecule has 0 saturated carbocycles. The number of hydrogen-bond donors (Lipinski definition) is 2. The summed E-state index contributed by atoms with van der Waals surface area (Å²) >= 11 is 1.36. The van der Waals surface area contributed by atoms with Crippen LogP contribution in [-0.2, 0) is 0 Å². The fraction of sp³-hybridized carbons (Fsp3) is 0.444. The Balaban J connectivity index is 2.19. The van der Waals surface area contributed by atoms with E-state index in [2.05, 4.69) is 10.3 Å². The molecule has 0 saturated heterocycles. The van der Waals surface area contributed by atoms with E-state index in [1.54, 1.807) is 7.11 Å². The zero-order chi connectivity index (χ0) is 17.7. The molecular weight excluding hydrogens is 324 g/mol. The van der Waals surface area contributed by atoms with Crippen LogP contribution < -0.4 is 10.1 Å². The molecule has 6 heteroatoms. The van der Waals surface area contributed by atoms with Gasteiger partial charge in [0.15, 0.2) is 0 Å². The van der Waals surface area contributed by atoms with Crippen LogP contribution in [0.15, 0.2) is 24.3 Å². The Bertz CT molecular complexity index is 682. The quantitative estimate of drug-likeness (QED) is 0.806. The van der Waals surface area contributed by atoms with Gasteiger partial charge in [-0.05, 0) is 37.1 Å². The topological polar surface area (TPSA) is 71.5 Å². The van der Waals surface area contributed by atoms with Crippen LogP contribution >= 0.6 is 11.3 Å². The number of carbonyl (C=O) groups is 1. The first-order valence-electron chi connectivity index (χ1n) is 8.03. The molecule has 0 bridgehead atoms. The van der Waals surface area contributed by atoms with Gasteiger partial charge in [-0.15, -0.1) is 11.3 Å². The van der Waals surface area contributed by atoms with Gasteiger partial charge in [-0.25, -0.2) is 4.98 Å². The van der Waals surface area contributed by atoms with Gasteiger partial charge in [-0.3, -0.25) is 4.79 Å². The second-order valence-corrected chi connectivity index (χ2v) is 6.81. The van der Waals surface area contributed by atoms with Gasteiger partial charge < -0.3 is 15.2 Å². The Hall–Kier alpha value is -1.92. The molecule has 1 aromatic carbocycles. The summed E-state index contributed by atoms with van der Waals surface area (Å²) in [5, 5.41) is 13.2. The molecular formula is C18H24N2O3S. The predicted octanol–water partition coefficient (Wildman–Crippen LogP) is 3.26. The van der Waals surface area contributed by atoms with Crippen molar-refractivity contribution < 1.29 is 14.6 Å². The van der Waals surface area contributed by atoms with Gasteiger partial charge >= 0.3 is 0 Å². The number of methoxy groups -OCH3 is 1. The third kappa shape index (κ3) is 4.13. The number of benzene rings is 1. The van der Waals surface area contributed by atoms with E-state index in [0.717, 1.165) is 22.7 Å². The maximum absolute atomic E-state index is 12.5. The highest BCUT2D eigenvalue weighted by atomic mass is 32.1. The van der Waals surface area contributed by atoms with Gasteiger partial charge in [-0.2, -0.15) is 0 Å². The van der Waals surface area contributed by atoms with Gasteiger partial charge in [-0.1, -0.05) is 20.3 Å². The van der Waals surface area contributed by atoms with E-state index in [-0.39, 0.29) is 24.5 Å². The third-order valence-electron chi connectivity index (χ3n) is 4.18. The molecule has 0 aliphatic rings. The largest absolute Gasteiger partial charge is 0.497 e. The molecule has 130 valence electrons. The number of aliphatic hydroxyl groups is 1. The average Bonchev–Trinajstić information content (AvgIpc) is 3.00. The molecule has 1 heterocycles. The minimum Gasteiger partial charge on any atom is -0.497 e. The molecule has 5 nitrogen and oxygen atoms in total. The first-order valence-corrected chi connectivity index (χ1v) is 8.85. The molecule has 2 N–H and O–H groups in total. The van der Waals surface area contributed by atoms with E-state index in [9.17, 15) is 9.90 Å². The van der Waals surface area contributed by atoms with E-state index >= 15 is 0 Å². The van der Waals surface area contributed by atoms with E-state index in [1.165, 1.54) is 11.3 Å². The molecule has 0 spiro atoms. The van der Waals surface area contributed by atoms with Crippen LogP contribution in [0, 0.1) is 12.8 Å². The van der Waals surface area contributed by atoms with Crippen molar-refractivity contribution in [1.29, 1.82) is 0 Å². The van der Waals surface area contributed by atoms with Crippen LogP contribution in [0.25, 0.3) is 10.6 Å². The Labute approximate surface area is 146 Å². The number of aryl methyl sites for hydroxylation is 1. The number of hydrogen-bond acceptors (Lipinski definition) is 5. The molecule has 2 aromatic rings. The number of rotatable bonds is 7. The Morgan fingerprint density at radius 3 is 2.58 bits per heavy atom. The number of nitrogens with one attached hydrogen (secondary N) is 1. The van der Waals surface area contributed by atoms with E-state index in [4.69, 9.17) is 4.74 Å². The Morgan fingerprint density at radius 2 is 2.04 bits per heavy atom. The monoisotopic (exact) mass is 348 g/mol. The van der Waals surface area contributed by atoms with Crippen molar-refractivity contribution >= 4 is 17.2 Å². The van der Waals surface area contributed by atoms with Crippen molar-refractivity contribution in [3.8, 4) is 16.3 Å². The van der Waals surface area contributed by atoms with Crippen LogP contribution in [0.3, 0.4) is 0 Å². The van der Waals surface area contributed by atoms with Gasteiger partial charge in [0.25, 0.3) is 5.91 Å². The number of aromatic nitrogens is 1. The molecule has 1 amide bonds. The van der Waals surface area contributed by atoms with Gasteiger partial charge in [0.2, 0.25) is 0 Å². The predicted molar refractivity (Wildman–Crippen MR) is 96.6 cm³/mol. The molecule has 0 radical (unpaired) electrons. The highest BCUT2D eigenvalue weighted by Crippen LogP contribution is 2.29. The molecule has 0 aliphatic heterocycles. The summed E-state index contributed by atoms with van der Waals surface area (Å²) in [6, 6.07) is 7.35. The second kappa shape index (κ2) is 8.26. The van der Waals surface area contributed by atoms with E-state index < -0.39 is 0 Å². The Kier molecular flexibility index (Phi) is 6.34. The van der Waals surface area contributed by atoms with Crippen molar-refractivity contribution in [1.82, 2.24) is 10.3 Å². The zero-order valence-corrected chi connectivity index (χ0v) is 15.3. The lowest BCUT2D eigenvalue weighted by atomic mass is 10.00. The van der Waals surface area contributed by atoms with Crippen LogP contribution in [0.2, 0.25) is 0 Å². The number of nitrogens with zero attached hydrogens (tertiary/aromatic N) is 1. The van der Waals surface area contributed by atoms with Crippen LogP contribution in [0.1, 0.15) is 35.6 Å². The third-order valence-corrected chi connectivity index (χ3v) is 5.39. The van der Waals surface area contributed by atoms with E-state index in [1.807, 2.05) is 45.0 Å². The summed E-state index contributed by atoms with van der Waals surface area (Å²) in [4.78, 5) is 17.6. The molecule has 2 rings (SSSR count). The molecule has 0 fully saturated rings. The minimum absolute atomic E-state index is 0.0655. The fourth-order valence-corrected chi connectivity index (χ4v) is 3.33. The van der Waals surface area contributed by atoms with E-state index in [0.29, 0.717) is 10.6 Å². The zero-order valence-electron chi connectivity index (χ0n) is 14.5. The van der Waals surface area contributed by atoms with Gasteiger partial charge in [0.05, 0.1) is 25.5 Å². The Morgan fingerprint density at radius 1 is 1.38 bits per heavy atom. The second-order valence-electron chi connectivity index (χ2n) is 5.81. The fourth-order valence-electron chi connectivity index (χ4n) is 2.35. The van der Waals surface area contributed by atoms with Crippen molar-refractivity contribution in [3.05, 3.63) is 34.8 Å². The standard InChI is InChI=1S/C18H24N2O3S/c1-5-11(2)15(10-21)20-17(22)16-12(3)19-18(24-16)13-6-8-14(23-4)9-7-13/h6-9,11,15,21H,5,10H2,1-4H3,(H,20,22)/t11-,15-/m0/s1. The van der Waals surface area contributed by atoms with Crippen molar-refractivity contribution in [2.45, 2.75) is 33.2 Å². The summed E-state index contributed by atoms with van der Waals surface area (Å²) in [7, 11) is 1.62. The van der Waals surface area contributed by atoms with Crippen LogP contribution in [0.4, 0.5) is 0 Å². The number of amides is 1. The number of carbonyl (C=O) groups excluding carboxylic acids is 1. The molecule has 2 atom stereocenters. The first kappa shape index (κ1) is 18.4. The van der Waals surface area contributed by atoms with Crippen molar-refractivity contribution in [3.63, 3.8) is 0 Å². The summed E-state index contributed by atoms with van der Waals surface area (Å²) in [6.45, 7) is 5.82. The van der Waals surface area contributed by atoms with Crippen LogP contribution in [0.5, 0.6) is 5.75 Å². The molecule has 0 unspecified atom stereocenters. The summed E-state index contributed by atoms with van der Waals surface area (Å²) < 4.78 is 5.16. The maximum Gasteiger partial charge on any atom is 0.263 e. The first-order chi connectivity index (χ1) is 11.5.